The second-order valence-corrected chi connectivity index (χ2v) is 4.77. The summed E-state index contributed by atoms with van der Waals surface area (Å²) in [6, 6.07) is -2.33. The molecule has 110 valence electrons. The van der Waals surface area contributed by atoms with E-state index in [4.69, 9.17) is 5.11 Å². The van der Waals surface area contributed by atoms with Crippen molar-refractivity contribution in [2.24, 2.45) is 5.92 Å². The van der Waals surface area contributed by atoms with Gasteiger partial charge < -0.3 is 20.6 Å². The first-order valence-electron chi connectivity index (χ1n) is 6.21. The first-order chi connectivity index (χ1) is 8.70. The van der Waals surface area contributed by atoms with E-state index in [0.29, 0.717) is 6.42 Å². The summed E-state index contributed by atoms with van der Waals surface area (Å²) in [6.45, 7) is 5.13. The number of hydrogen-bond acceptors (Lipinski definition) is 3. The Morgan fingerprint density at radius 3 is 2.05 bits per heavy atom. The molecule has 0 spiro atoms. The van der Waals surface area contributed by atoms with Crippen molar-refractivity contribution in [3.63, 3.8) is 0 Å². The summed E-state index contributed by atoms with van der Waals surface area (Å²) < 4.78 is 0. The molecule has 19 heavy (non-hydrogen) atoms. The zero-order valence-electron chi connectivity index (χ0n) is 12.1. The van der Waals surface area contributed by atoms with Gasteiger partial charge in [0.25, 0.3) is 0 Å². The molecule has 0 aromatic carbocycles. The molecule has 0 rings (SSSR count). The molecule has 3 atom stereocenters. The van der Waals surface area contributed by atoms with E-state index < -0.39 is 24.1 Å². The number of carboxylic acid groups (broad SMARTS) is 1. The Morgan fingerprint density at radius 1 is 1.16 bits per heavy atom. The first kappa shape index (κ1) is 17.2. The highest BCUT2D eigenvalue weighted by atomic mass is 16.4. The summed E-state index contributed by atoms with van der Waals surface area (Å²) >= 11 is 0. The van der Waals surface area contributed by atoms with Gasteiger partial charge in [0.05, 0.1) is 0 Å². The minimum absolute atomic E-state index is 0.192. The lowest BCUT2D eigenvalue weighted by Gasteiger charge is -2.22. The van der Waals surface area contributed by atoms with E-state index in [1.165, 1.54) is 4.90 Å². The predicted molar refractivity (Wildman–Crippen MR) is 70.7 cm³/mol. The third-order valence-electron chi connectivity index (χ3n) is 2.92. The molecule has 0 saturated carbocycles. The number of rotatable bonds is 6. The summed E-state index contributed by atoms with van der Waals surface area (Å²) in [6.07, 6.45) is 0.628. The number of carboxylic acids is 1. The van der Waals surface area contributed by atoms with E-state index >= 15 is 0 Å². The van der Waals surface area contributed by atoms with Gasteiger partial charge in [-0.1, -0.05) is 20.3 Å². The van der Waals surface area contributed by atoms with Gasteiger partial charge in [-0.3, -0.25) is 4.79 Å². The molecule has 0 radical (unpaired) electrons. The van der Waals surface area contributed by atoms with Crippen LogP contribution >= 0.6 is 0 Å². The van der Waals surface area contributed by atoms with Crippen molar-refractivity contribution < 1.29 is 19.5 Å². The molecule has 7 heteroatoms. The minimum atomic E-state index is -1.09. The summed E-state index contributed by atoms with van der Waals surface area (Å²) in [7, 11) is 3.16. The Bertz CT molecular complexity index is 344. The first-order valence-corrected chi connectivity index (χ1v) is 6.21. The summed E-state index contributed by atoms with van der Waals surface area (Å²) in [5, 5.41) is 13.8. The van der Waals surface area contributed by atoms with Crippen LogP contribution in [0.1, 0.15) is 27.2 Å². The fourth-order valence-electron chi connectivity index (χ4n) is 1.51. The highest BCUT2D eigenvalue weighted by Crippen LogP contribution is 2.07. The maximum absolute atomic E-state index is 11.7. The van der Waals surface area contributed by atoms with Gasteiger partial charge in [0.1, 0.15) is 12.1 Å². The van der Waals surface area contributed by atoms with E-state index in [1.807, 2.05) is 6.92 Å². The van der Waals surface area contributed by atoms with Crippen molar-refractivity contribution in [3.8, 4) is 0 Å². The number of nitrogens with zero attached hydrogens (tertiary/aromatic N) is 1. The van der Waals surface area contributed by atoms with Crippen LogP contribution in [-0.4, -0.2) is 54.1 Å². The number of aliphatic carboxylic acids is 1. The molecular weight excluding hydrogens is 250 g/mol. The quantitative estimate of drug-likeness (QED) is 0.646. The second kappa shape index (κ2) is 7.60. The topological polar surface area (TPSA) is 98.7 Å². The van der Waals surface area contributed by atoms with Gasteiger partial charge in [0.15, 0.2) is 0 Å². The van der Waals surface area contributed by atoms with Crippen LogP contribution in [0.15, 0.2) is 0 Å². The van der Waals surface area contributed by atoms with Crippen LogP contribution in [0, 0.1) is 5.92 Å². The average Bonchev–Trinajstić information content (AvgIpc) is 2.33. The Labute approximate surface area is 113 Å². The highest BCUT2D eigenvalue weighted by Gasteiger charge is 2.26. The second-order valence-electron chi connectivity index (χ2n) is 4.77. The number of carbonyl (C=O) groups is 3. The largest absolute Gasteiger partial charge is 0.480 e. The third-order valence-corrected chi connectivity index (χ3v) is 2.92. The lowest BCUT2D eigenvalue weighted by molar-refractivity contribution is -0.140. The molecule has 0 aromatic rings. The minimum Gasteiger partial charge on any atom is -0.480 e. The Kier molecular flexibility index (Phi) is 6.89. The molecule has 3 amide bonds. The van der Waals surface area contributed by atoms with Crippen LogP contribution in [-0.2, 0) is 9.59 Å². The van der Waals surface area contributed by atoms with Gasteiger partial charge in [-0.25, -0.2) is 9.59 Å². The van der Waals surface area contributed by atoms with E-state index in [1.54, 1.807) is 27.9 Å². The smallest absolute Gasteiger partial charge is 0.326 e. The average molecular weight is 273 g/mol. The number of hydrogen-bond donors (Lipinski definition) is 3. The molecule has 0 saturated heterocycles. The molecule has 1 unspecified atom stereocenters. The van der Waals surface area contributed by atoms with E-state index in [9.17, 15) is 14.4 Å². The maximum Gasteiger partial charge on any atom is 0.326 e. The van der Waals surface area contributed by atoms with Gasteiger partial charge in [-0.2, -0.15) is 0 Å². The van der Waals surface area contributed by atoms with Crippen LogP contribution in [0.3, 0.4) is 0 Å². The molecule has 0 aliphatic heterocycles. The normalized spacial score (nSPS) is 15.0. The summed E-state index contributed by atoms with van der Waals surface area (Å²) in [5.74, 6) is -1.54. The van der Waals surface area contributed by atoms with Crippen molar-refractivity contribution in [2.75, 3.05) is 14.1 Å². The number of urea groups is 1. The van der Waals surface area contributed by atoms with Gasteiger partial charge in [0.2, 0.25) is 5.91 Å². The Morgan fingerprint density at radius 2 is 1.68 bits per heavy atom. The Hall–Kier alpha value is -1.79. The zero-order chi connectivity index (χ0) is 15.2. The molecular formula is C12H23N3O4. The van der Waals surface area contributed by atoms with Gasteiger partial charge >= 0.3 is 12.0 Å². The van der Waals surface area contributed by atoms with Crippen LogP contribution in [0.25, 0.3) is 0 Å². The third kappa shape index (κ3) is 5.58. The molecule has 0 aliphatic carbocycles. The van der Waals surface area contributed by atoms with Crippen LogP contribution < -0.4 is 10.6 Å². The summed E-state index contributed by atoms with van der Waals surface area (Å²) in [4.78, 5) is 35.6. The van der Waals surface area contributed by atoms with E-state index in [0.717, 1.165) is 0 Å². The molecule has 0 fully saturated rings. The monoisotopic (exact) mass is 273 g/mol. The number of amides is 3. The SMILES string of the molecule is CC[C@H](C)[C@H](NC(=O)NC(C)C(=O)N(C)C)C(=O)O. The van der Waals surface area contributed by atoms with Crippen molar-refractivity contribution in [1.29, 1.82) is 0 Å². The number of nitrogens with one attached hydrogen (secondary N) is 2. The van der Waals surface area contributed by atoms with Crippen molar-refractivity contribution in [3.05, 3.63) is 0 Å². The molecule has 3 N–H and O–H groups in total. The molecule has 7 nitrogen and oxygen atoms in total. The van der Waals surface area contributed by atoms with Crippen molar-refractivity contribution >= 4 is 17.9 Å². The molecule has 0 aromatic heterocycles. The number of carbonyl (C=O) groups excluding carboxylic acids is 2. The molecule has 0 aliphatic rings. The van der Waals surface area contributed by atoms with Crippen LogP contribution in [0.4, 0.5) is 4.79 Å². The van der Waals surface area contributed by atoms with Crippen molar-refractivity contribution in [1.82, 2.24) is 15.5 Å². The Balaban J connectivity index is 4.51. The fraction of sp³-hybridized carbons (Fsp3) is 0.750. The predicted octanol–water partition coefficient (Wildman–Crippen LogP) is 0.262. The van der Waals surface area contributed by atoms with E-state index in [2.05, 4.69) is 10.6 Å². The fourth-order valence-corrected chi connectivity index (χ4v) is 1.51. The standard InChI is InChI=1S/C12H23N3O4/c1-6-7(2)9(11(17)18)14-12(19)13-8(3)10(16)15(4)5/h7-9H,6H2,1-5H3,(H,17,18)(H2,13,14,19)/t7-,8?,9-/m0/s1. The van der Waals surface area contributed by atoms with Crippen LogP contribution in [0.5, 0.6) is 0 Å². The maximum atomic E-state index is 11.7. The molecule has 0 bridgehead atoms. The van der Waals surface area contributed by atoms with Gasteiger partial charge in [0, 0.05) is 14.1 Å². The highest BCUT2D eigenvalue weighted by molar-refractivity contribution is 5.88. The van der Waals surface area contributed by atoms with Gasteiger partial charge in [-0.15, -0.1) is 0 Å². The van der Waals surface area contributed by atoms with Crippen LogP contribution in [0.2, 0.25) is 0 Å². The zero-order valence-corrected chi connectivity index (χ0v) is 12.1. The lowest BCUT2D eigenvalue weighted by Crippen LogP contribution is -2.53. The molecule has 0 heterocycles. The lowest BCUT2D eigenvalue weighted by atomic mass is 9.99. The van der Waals surface area contributed by atoms with Crippen molar-refractivity contribution in [2.45, 2.75) is 39.3 Å². The summed E-state index contributed by atoms with van der Waals surface area (Å²) in [5.41, 5.74) is 0. The number of likely N-dealkylation sites (N-methyl/N-ethyl adjacent to an activating group) is 1. The van der Waals surface area contributed by atoms with Gasteiger partial charge in [-0.05, 0) is 12.8 Å². The van der Waals surface area contributed by atoms with E-state index in [-0.39, 0.29) is 11.8 Å².